The molecule has 1 N–H and O–H groups in total. The summed E-state index contributed by atoms with van der Waals surface area (Å²) in [5, 5.41) is 4.24. The van der Waals surface area contributed by atoms with Crippen molar-refractivity contribution in [3.63, 3.8) is 0 Å². The van der Waals surface area contributed by atoms with Crippen molar-refractivity contribution in [2.24, 2.45) is 4.99 Å². The molecule has 1 saturated carbocycles. The van der Waals surface area contributed by atoms with Gasteiger partial charge in [-0.05, 0) is 31.4 Å². The van der Waals surface area contributed by atoms with E-state index in [1.165, 1.54) is 12.8 Å². The quantitative estimate of drug-likeness (QED) is 0.825. The highest BCUT2D eigenvalue weighted by Crippen LogP contribution is 2.33. The van der Waals surface area contributed by atoms with Crippen molar-refractivity contribution in [3.8, 4) is 0 Å². The van der Waals surface area contributed by atoms with Crippen LogP contribution in [0.4, 0.5) is 5.69 Å². The lowest BCUT2D eigenvalue weighted by Crippen LogP contribution is -2.26. The Morgan fingerprint density at radius 3 is 2.53 bits per heavy atom. The van der Waals surface area contributed by atoms with Crippen LogP contribution in [0.2, 0.25) is 10.0 Å². The summed E-state index contributed by atoms with van der Waals surface area (Å²) in [6.07, 6.45) is 4.86. The Bertz CT molecular complexity index is 473. The standard InChI is InChI=1S/C13H14Cl2N2O.ClH/c14-8-4-3-5-9(15)12(8)17-13-16-10-6-1-2-7-11(10)18-13;/h3-5,10-11H,1-2,6-7H2,(H,16,17);1H/t10-,11-;/m1./s1. The zero-order valence-corrected chi connectivity index (χ0v) is 12.6. The van der Waals surface area contributed by atoms with E-state index in [-0.39, 0.29) is 18.5 Å². The molecule has 0 bridgehead atoms. The van der Waals surface area contributed by atoms with Gasteiger partial charge in [-0.3, -0.25) is 0 Å². The fourth-order valence-electron chi connectivity index (χ4n) is 2.47. The molecule has 0 amide bonds. The van der Waals surface area contributed by atoms with Crippen molar-refractivity contribution in [1.29, 1.82) is 0 Å². The van der Waals surface area contributed by atoms with E-state index >= 15 is 0 Å². The predicted octanol–water partition coefficient (Wildman–Crippen LogP) is 4.52. The predicted molar refractivity (Wildman–Crippen MR) is 81.9 cm³/mol. The Hall–Kier alpha value is -0.640. The molecule has 19 heavy (non-hydrogen) atoms. The van der Waals surface area contributed by atoms with Gasteiger partial charge in [-0.25, -0.2) is 4.99 Å². The normalized spacial score (nSPS) is 24.8. The molecule has 3 rings (SSSR count). The number of nitrogens with zero attached hydrogens (tertiary/aromatic N) is 1. The number of hydrogen-bond acceptors (Lipinski definition) is 3. The molecule has 3 nitrogen and oxygen atoms in total. The highest BCUT2D eigenvalue weighted by Gasteiger charge is 2.33. The largest absolute Gasteiger partial charge is 0.459 e. The summed E-state index contributed by atoms with van der Waals surface area (Å²) in [6, 6.07) is 6.23. The fourth-order valence-corrected chi connectivity index (χ4v) is 2.96. The van der Waals surface area contributed by atoms with Crippen LogP contribution in [0.3, 0.4) is 0 Å². The summed E-state index contributed by atoms with van der Waals surface area (Å²) in [5.41, 5.74) is 0.665. The number of halogens is 3. The summed E-state index contributed by atoms with van der Waals surface area (Å²) in [6.45, 7) is 0. The van der Waals surface area contributed by atoms with Gasteiger partial charge in [0.15, 0.2) is 0 Å². The van der Waals surface area contributed by atoms with Gasteiger partial charge < -0.3 is 10.1 Å². The zero-order valence-electron chi connectivity index (χ0n) is 10.2. The first kappa shape index (κ1) is 14.8. The van der Waals surface area contributed by atoms with Crippen LogP contribution in [0.5, 0.6) is 0 Å². The van der Waals surface area contributed by atoms with E-state index in [0.29, 0.717) is 27.8 Å². The number of fused-ring (bicyclic) bond motifs is 1. The van der Waals surface area contributed by atoms with Crippen molar-refractivity contribution in [3.05, 3.63) is 28.2 Å². The maximum absolute atomic E-state index is 6.10. The first-order valence-electron chi connectivity index (χ1n) is 6.19. The van der Waals surface area contributed by atoms with Gasteiger partial charge >= 0.3 is 0 Å². The van der Waals surface area contributed by atoms with Crippen molar-refractivity contribution in [2.45, 2.75) is 37.8 Å². The highest BCUT2D eigenvalue weighted by molar-refractivity contribution is 6.39. The number of hydrogen-bond donors (Lipinski definition) is 1. The van der Waals surface area contributed by atoms with Gasteiger partial charge in [0, 0.05) is 0 Å². The van der Waals surface area contributed by atoms with E-state index in [0.717, 1.165) is 12.8 Å². The maximum atomic E-state index is 6.10. The third-order valence-electron chi connectivity index (χ3n) is 3.41. The molecule has 1 aliphatic carbocycles. The van der Waals surface area contributed by atoms with E-state index in [2.05, 4.69) is 10.3 Å². The topological polar surface area (TPSA) is 33.6 Å². The van der Waals surface area contributed by atoms with Gasteiger partial charge in [0.05, 0.1) is 21.8 Å². The van der Waals surface area contributed by atoms with Crippen molar-refractivity contribution in [1.82, 2.24) is 0 Å². The van der Waals surface area contributed by atoms with E-state index in [9.17, 15) is 0 Å². The Kier molecular flexibility index (Phi) is 4.82. The van der Waals surface area contributed by atoms with Crippen LogP contribution >= 0.6 is 35.6 Å². The van der Waals surface area contributed by atoms with Gasteiger partial charge in [-0.15, -0.1) is 12.4 Å². The van der Waals surface area contributed by atoms with Crippen LogP contribution < -0.4 is 5.32 Å². The van der Waals surface area contributed by atoms with Crippen LogP contribution in [-0.2, 0) is 4.74 Å². The van der Waals surface area contributed by atoms with Gasteiger partial charge in [0.1, 0.15) is 6.10 Å². The Morgan fingerprint density at radius 1 is 1.16 bits per heavy atom. The van der Waals surface area contributed by atoms with Crippen LogP contribution in [0.25, 0.3) is 0 Å². The van der Waals surface area contributed by atoms with Crippen molar-refractivity contribution < 1.29 is 4.74 Å². The minimum atomic E-state index is 0. The highest BCUT2D eigenvalue weighted by atomic mass is 35.5. The number of benzene rings is 1. The molecule has 0 aromatic heterocycles. The first-order valence-corrected chi connectivity index (χ1v) is 6.95. The molecule has 0 radical (unpaired) electrons. The van der Waals surface area contributed by atoms with E-state index in [1.807, 2.05) is 6.07 Å². The van der Waals surface area contributed by atoms with Crippen LogP contribution in [0, 0.1) is 0 Å². The average Bonchev–Trinajstić information content (AvgIpc) is 2.76. The molecule has 104 valence electrons. The third-order valence-corrected chi connectivity index (χ3v) is 4.04. The van der Waals surface area contributed by atoms with Gasteiger partial charge in [-0.2, -0.15) is 0 Å². The second kappa shape index (κ2) is 6.21. The number of ether oxygens (including phenoxy) is 1. The molecule has 1 aliphatic heterocycles. The third kappa shape index (κ3) is 3.10. The molecule has 2 aliphatic rings. The van der Waals surface area contributed by atoms with Crippen LogP contribution in [0.15, 0.2) is 23.2 Å². The molecular weight excluding hydrogens is 307 g/mol. The number of rotatable bonds is 1. The van der Waals surface area contributed by atoms with Gasteiger partial charge in [0.25, 0.3) is 6.02 Å². The number of para-hydroxylation sites is 1. The minimum Gasteiger partial charge on any atom is -0.459 e. The van der Waals surface area contributed by atoms with Crippen molar-refractivity contribution >= 4 is 47.3 Å². The molecule has 0 unspecified atom stereocenters. The number of amidine groups is 1. The van der Waals surface area contributed by atoms with E-state index < -0.39 is 0 Å². The van der Waals surface area contributed by atoms with Gasteiger partial charge in [-0.1, -0.05) is 35.7 Å². The molecule has 1 fully saturated rings. The molecule has 0 spiro atoms. The monoisotopic (exact) mass is 320 g/mol. The van der Waals surface area contributed by atoms with Crippen LogP contribution in [-0.4, -0.2) is 18.2 Å². The summed E-state index contributed by atoms with van der Waals surface area (Å²) >= 11 is 12.2. The molecule has 6 heteroatoms. The van der Waals surface area contributed by atoms with Crippen molar-refractivity contribution in [2.75, 3.05) is 5.32 Å². The molecular formula is C13H15Cl3N2O. The molecule has 1 aromatic carbocycles. The lowest BCUT2D eigenvalue weighted by atomic mass is 9.94. The second-order valence-electron chi connectivity index (χ2n) is 4.66. The minimum absolute atomic E-state index is 0. The summed E-state index contributed by atoms with van der Waals surface area (Å²) in [5.74, 6) is 0. The summed E-state index contributed by atoms with van der Waals surface area (Å²) in [4.78, 5) is 4.55. The lowest BCUT2D eigenvalue weighted by molar-refractivity contribution is 0.152. The summed E-state index contributed by atoms with van der Waals surface area (Å²) < 4.78 is 5.80. The number of nitrogens with one attached hydrogen (secondary N) is 1. The molecule has 0 saturated heterocycles. The second-order valence-corrected chi connectivity index (χ2v) is 5.48. The molecule has 1 heterocycles. The Morgan fingerprint density at radius 2 is 1.84 bits per heavy atom. The maximum Gasteiger partial charge on any atom is 0.290 e. The number of aliphatic imine (C=N–C) groups is 1. The van der Waals surface area contributed by atoms with Gasteiger partial charge in [0.2, 0.25) is 0 Å². The fraction of sp³-hybridized carbons (Fsp3) is 0.462. The molecule has 1 aromatic rings. The smallest absolute Gasteiger partial charge is 0.290 e. The first-order chi connectivity index (χ1) is 8.74. The number of anilines is 1. The Labute approximate surface area is 128 Å². The zero-order chi connectivity index (χ0) is 12.5. The molecule has 2 atom stereocenters. The summed E-state index contributed by atoms with van der Waals surface area (Å²) in [7, 11) is 0. The lowest BCUT2D eigenvalue weighted by Gasteiger charge is -2.21. The van der Waals surface area contributed by atoms with E-state index in [1.54, 1.807) is 12.1 Å². The van der Waals surface area contributed by atoms with E-state index in [4.69, 9.17) is 27.9 Å². The Balaban J connectivity index is 0.00000133. The SMILES string of the molecule is Cl.Clc1cccc(Cl)c1NC1=N[C@@H]2CCCC[C@H]2O1. The average molecular weight is 322 g/mol. The van der Waals surface area contributed by atoms with Crippen LogP contribution in [0.1, 0.15) is 25.7 Å².